The van der Waals surface area contributed by atoms with Crippen molar-refractivity contribution in [2.45, 2.75) is 0 Å². The van der Waals surface area contributed by atoms with E-state index in [-0.39, 0.29) is 0 Å². The predicted molar refractivity (Wildman–Crippen MR) is 88.5 cm³/mol. The van der Waals surface area contributed by atoms with E-state index in [9.17, 15) is 4.39 Å². The first kappa shape index (κ1) is 14.1. The van der Waals surface area contributed by atoms with Crippen LogP contribution in [0.25, 0.3) is 10.9 Å². The van der Waals surface area contributed by atoms with E-state index in [0.29, 0.717) is 32.1 Å². The fraction of sp³-hybridized carbons (Fsp3) is 0. The van der Waals surface area contributed by atoms with E-state index in [1.54, 1.807) is 18.3 Å². The first-order chi connectivity index (χ1) is 10.1. The topological polar surface area (TPSA) is 50.9 Å². The molecule has 106 valence electrons. The van der Waals surface area contributed by atoms with Crippen molar-refractivity contribution in [1.82, 2.24) is 4.98 Å². The summed E-state index contributed by atoms with van der Waals surface area (Å²) < 4.78 is 14.0. The molecule has 3 nitrogen and oxygen atoms in total. The molecule has 0 aliphatic heterocycles. The van der Waals surface area contributed by atoms with Crippen LogP contribution in [-0.4, -0.2) is 4.98 Å². The second-order valence-corrected chi connectivity index (χ2v) is 5.73. The van der Waals surface area contributed by atoms with Crippen molar-refractivity contribution in [2.75, 3.05) is 11.1 Å². The zero-order chi connectivity index (χ0) is 15.0. The van der Waals surface area contributed by atoms with Crippen LogP contribution in [0.3, 0.4) is 0 Å². The fourth-order valence-corrected chi connectivity index (χ4v) is 2.63. The largest absolute Gasteiger partial charge is 0.397 e. The lowest BCUT2D eigenvalue weighted by atomic mass is 10.1. The molecule has 1 aromatic heterocycles. The zero-order valence-corrected chi connectivity index (χ0v) is 13.0. The number of nitrogens with two attached hydrogens (primary N) is 1. The van der Waals surface area contributed by atoms with Gasteiger partial charge in [0.15, 0.2) is 0 Å². The minimum Gasteiger partial charge on any atom is -0.397 e. The van der Waals surface area contributed by atoms with Gasteiger partial charge >= 0.3 is 0 Å². The standard InChI is InChI=1S/C15H10BrClFN3/c16-9-6-12(19)14(7-11(9)18)21-13-4-3-10(17)8-2-1-5-20-15(8)13/h1-7,21H,19H2. The summed E-state index contributed by atoms with van der Waals surface area (Å²) in [6, 6.07) is 10.1. The molecule has 0 saturated heterocycles. The molecular weight excluding hydrogens is 357 g/mol. The van der Waals surface area contributed by atoms with E-state index in [2.05, 4.69) is 26.2 Å². The average molecular weight is 367 g/mol. The Hall–Kier alpha value is -1.85. The molecule has 6 heteroatoms. The Morgan fingerprint density at radius 2 is 2.00 bits per heavy atom. The third-order valence-corrected chi connectivity index (χ3v) is 4.02. The van der Waals surface area contributed by atoms with Gasteiger partial charge in [0.1, 0.15) is 5.82 Å². The number of benzene rings is 2. The Morgan fingerprint density at radius 3 is 2.81 bits per heavy atom. The average Bonchev–Trinajstić information content (AvgIpc) is 2.48. The van der Waals surface area contributed by atoms with Gasteiger partial charge in [0.25, 0.3) is 0 Å². The molecule has 0 spiro atoms. The lowest BCUT2D eigenvalue weighted by Gasteiger charge is -2.12. The van der Waals surface area contributed by atoms with Crippen molar-refractivity contribution < 1.29 is 4.39 Å². The van der Waals surface area contributed by atoms with E-state index in [0.717, 1.165) is 5.39 Å². The van der Waals surface area contributed by atoms with Crippen molar-refractivity contribution in [2.24, 2.45) is 0 Å². The SMILES string of the molecule is Nc1cc(Br)c(F)cc1Nc1ccc(Cl)c2cccnc12. The lowest BCUT2D eigenvalue weighted by Crippen LogP contribution is -1.99. The molecule has 0 aliphatic carbocycles. The molecule has 0 aliphatic rings. The van der Waals surface area contributed by atoms with Crippen molar-refractivity contribution in [3.8, 4) is 0 Å². The van der Waals surface area contributed by atoms with Crippen LogP contribution in [0, 0.1) is 5.82 Å². The van der Waals surface area contributed by atoms with Crippen LogP contribution in [0.15, 0.2) is 47.1 Å². The summed E-state index contributed by atoms with van der Waals surface area (Å²) in [4.78, 5) is 4.32. The van der Waals surface area contributed by atoms with Crippen LogP contribution < -0.4 is 11.1 Å². The zero-order valence-electron chi connectivity index (χ0n) is 10.7. The highest BCUT2D eigenvalue weighted by Gasteiger charge is 2.10. The molecule has 0 fully saturated rings. The number of rotatable bonds is 2. The van der Waals surface area contributed by atoms with Crippen molar-refractivity contribution in [3.05, 3.63) is 57.9 Å². The summed E-state index contributed by atoms with van der Waals surface area (Å²) in [5, 5.41) is 4.53. The third-order valence-electron chi connectivity index (χ3n) is 3.08. The maximum atomic E-state index is 13.7. The Balaban J connectivity index is 2.11. The maximum Gasteiger partial charge on any atom is 0.139 e. The van der Waals surface area contributed by atoms with E-state index in [1.165, 1.54) is 12.1 Å². The molecule has 21 heavy (non-hydrogen) atoms. The molecule has 0 bridgehead atoms. The smallest absolute Gasteiger partial charge is 0.139 e. The minimum absolute atomic E-state index is 0.324. The second-order valence-electron chi connectivity index (χ2n) is 4.47. The number of pyridine rings is 1. The molecular formula is C15H10BrClFN3. The van der Waals surface area contributed by atoms with Crippen LogP contribution in [0.2, 0.25) is 5.02 Å². The number of halogens is 3. The Kier molecular flexibility index (Phi) is 3.69. The van der Waals surface area contributed by atoms with E-state index < -0.39 is 5.82 Å². The highest BCUT2D eigenvalue weighted by Crippen LogP contribution is 2.33. The molecule has 0 unspecified atom stereocenters. The van der Waals surface area contributed by atoms with Gasteiger partial charge < -0.3 is 11.1 Å². The predicted octanol–water partition coefficient (Wildman–Crippen LogP) is 5.12. The second kappa shape index (κ2) is 5.50. The maximum absolute atomic E-state index is 13.7. The quantitative estimate of drug-likeness (QED) is 0.619. The molecule has 3 aromatic rings. The molecule has 0 amide bonds. The summed E-state index contributed by atoms with van der Waals surface area (Å²) in [6.07, 6.45) is 1.68. The van der Waals surface area contributed by atoms with Crippen LogP contribution in [-0.2, 0) is 0 Å². The third kappa shape index (κ3) is 2.66. The number of nitrogen functional groups attached to an aromatic ring is 1. The van der Waals surface area contributed by atoms with Crippen LogP contribution in [0.5, 0.6) is 0 Å². The minimum atomic E-state index is -0.391. The number of nitrogens with one attached hydrogen (secondary N) is 1. The monoisotopic (exact) mass is 365 g/mol. The first-order valence-corrected chi connectivity index (χ1v) is 7.28. The summed E-state index contributed by atoms with van der Waals surface area (Å²) in [5.74, 6) is -0.391. The van der Waals surface area contributed by atoms with E-state index >= 15 is 0 Å². The van der Waals surface area contributed by atoms with Gasteiger partial charge in [-0.2, -0.15) is 0 Å². The molecule has 0 saturated carbocycles. The van der Waals surface area contributed by atoms with Crippen molar-refractivity contribution >= 4 is 55.5 Å². The molecule has 1 heterocycles. The number of fused-ring (bicyclic) bond motifs is 1. The Labute approximate surface area is 134 Å². The van der Waals surface area contributed by atoms with Crippen LogP contribution in [0.4, 0.5) is 21.5 Å². The molecule has 0 radical (unpaired) electrons. The summed E-state index contributed by atoms with van der Waals surface area (Å²) >= 11 is 9.25. The molecule has 2 aromatic carbocycles. The van der Waals surface area contributed by atoms with Gasteiger partial charge in [0.05, 0.1) is 32.1 Å². The van der Waals surface area contributed by atoms with Gasteiger partial charge in [0.2, 0.25) is 0 Å². The van der Waals surface area contributed by atoms with Crippen LogP contribution >= 0.6 is 27.5 Å². The van der Waals surface area contributed by atoms with Gasteiger partial charge in [-0.3, -0.25) is 4.98 Å². The van der Waals surface area contributed by atoms with Crippen molar-refractivity contribution in [3.63, 3.8) is 0 Å². The van der Waals surface area contributed by atoms with Gasteiger partial charge in [-0.1, -0.05) is 11.6 Å². The number of aromatic nitrogens is 1. The van der Waals surface area contributed by atoms with Gasteiger partial charge in [-0.15, -0.1) is 0 Å². The summed E-state index contributed by atoms with van der Waals surface area (Å²) in [7, 11) is 0. The number of nitrogens with zero attached hydrogens (tertiary/aromatic N) is 1. The van der Waals surface area contributed by atoms with E-state index in [1.807, 2.05) is 12.1 Å². The highest BCUT2D eigenvalue weighted by atomic mass is 79.9. The fourth-order valence-electron chi connectivity index (χ4n) is 2.05. The van der Waals surface area contributed by atoms with Gasteiger partial charge in [0, 0.05) is 17.6 Å². The van der Waals surface area contributed by atoms with E-state index in [4.69, 9.17) is 17.3 Å². The van der Waals surface area contributed by atoms with Crippen molar-refractivity contribution in [1.29, 1.82) is 0 Å². The molecule has 3 rings (SSSR count). The Morgan fingerprint density at radius 1 is 1.19 bits per heavy atom. The summed E-state index contributed by atoms with van der Waals surface area (Å²) in [5.41, 5.74) is 8.23. The molecule has 3 N–H and O–H groups in total. The number of hydrogen-bond donors (Lipinski definition) is 2. The number of anilines is 3. The summed E-state index contributed by atoms with van der Waals surface area (Å²) in [6.45, 7) is 0. The molecule has 0 atom stereocenters. The van der Waals surface area contributed by atoms with Crippen LogP contribution in [0.1, 0.15) is 0 Å². The normalized spacial score (nSPS) is 10.8. The van der Waals surface area contributed by atoms with Gasteiger partial charge in [-0.25, -0.2) is 4.39 Å². The Bertz CT molecular complexity index is 839. The highest BCUT2D eigenvalue weighted by molar-refractivity contribution is 9.10. The number of hydrogen-bond acceptors (Lipinski definition) is 3. The van der Waals surface area contributed by atoms with Gasteiger partial charge in [-0.05, 0) is 46.3 Å². The lowest BCUT2D eigenvalue weighted by molar-refractivity contribution is 0.622. The first-order valence-electron chi connectivity index (χ1n) is 6.11.